The third-order valence-corrected chi connectivity index (χ3v) is 8.51. The topological polar surface area (TPSA) is 190 Å². The van der Waals surface area contributed by atoms with Gasteiger partial charge < -0.3 is 26.7 Å². The second kappa shape index (κ2) is 9.36. The lowest BCUT2D eigenvalue weighted by molar-refractivity contribution is -0.661. The maximum Gasteiger partial charge on any atom is 0.352 e. The van der Waals surface area contributed by atoms with E-state index in [1.807, 2.05) is 28.3 Å². The lowest BCUT2D eigenvalue weighted by Crippen LogP contribution is -2.71. The number of β-lactam (4-membered cyclic amide) rings is 1. The number of thiophene rings is 1. The van der Waals surface area contributed by atoms with Crippen LogP contribution in [0.15, 0.2) is 40.1 Å². The van der Waals surface area contributed by atoms with Crippen LogP contribution in [-0.4, -0.2) is 67.1 Å². The van der Waals surface area contributed by atoms with Crippen LogP contribution in [0.1, 0.15) is 5.82 Å². The van der Waals surface area contributed by atoms with Crippen LogP contribution in [0.5, 0.6) is 0 Å². The fourth-order valence-corrected chi connectivity index (χ4v) is 6.73. The fraction of sp³-hybridized carbons (Fsp3) is 0.250. The number of fused-ring (bicyclic) bond motifs is 2. The summed E-state index contributed by atoms with van der Waals surface area (Å²) < 4.78 is 5.87. The predicted molar refractivity (Wildman–Crippen MR) is 134 cm³/mol. The fourth-order valence-electron chi connectivity index (χ4n) is 4.02. The van der Waals surface area contributed by atoms with Gasteiger partial charge in [-0.15, -0.1) is 11.8 Å². The molecule has 0 aliphatic carbocycles. The first-order valence-electron chi connectivity index (χ1n) is 10.4. The number of nitrogen functional groups attached to an aromatic ring is 2. The minimum absolute atomic E-state index is 0.0365. The minimum Gasteiger partial charge on any atom is -0.477 e. The molecule has 186 valence electrons. The monoisotopic (exact) mass is 547 g/mol. The van der Waals surface area contributed by atoms with Crippen molar-refractivity contribution in [3.8, 4) is 0 Å². The number of amides is 2. The molecule has 6 N–H and O–H groups in total. The van der Waals surface area contributed by atoms with Crippen LogP contribution in [-0.2, 0) is 25.8 Å². The molecule has 0 bridgehead atoms. The Kier molecular flexibility index (Phi) is 6.23. The molecule has 3 aromatic heterocycles. The van der Waals surface area contributed by atoms with E-state index >= 15 is 0 Å². The number of nitrogens with zero attached hydrogens (tertiary/aromatic N) is 5. The van der Waals surface area contributed by atoms with Gasteiger partial charge in [0.2, 0.25) is 11.5 Å². The van der Waals surface area contributed by atoms with Gasteiger partial charge in [0.05, 0.1) is 11.1 Å². The number of carbonyl (C=O) groups excluding carboxylic acids is 2. The zero-order chi connectivity index (χ0) is 25.6. The average molecular weight is 548 g/mol. The van der Waals surface area contributed by atoms with Crippen molar-refractivity contribution in [2.75, 3.05) is 24.3 Å². The van der Waals surface area contributed by atoms with E-state index in [-0.39, 0.29) is 28.9 Å². The average Bonchev–Trinajstić information content (AvgIpc) is 3.46. The van der Waals surface area contributed by atoms with Gasteiger partial charge in [0.15, 0.2) is 17.9 Å². The van der Waals surface area contributed by atoms with E-state index in [9.17, 15) is 19.5 Å². The number of thioether (sulfide) groups is 1. The van der Waals surface area contributed by atoms with Crippen LogP contribution >= 0.6 is 34.6 Å². The molecule has 13 nitrogen and oxygen atoms in total. The lowest BCUT2D eigenvalue weighted by atomic mass is 10.0. The van der Waals surface area contributed by atoms with Crippen LogP contribution < -0.4 is 21.4 Å². The molecule has 0 radical (unpaired) electrons. The largest absolute Gasteiger partial charge is 0.477 e. The summed E-state index contributed by atoms with van der Waals surface area (Å²) in [7, 11) is 1.25. The standard InChI is InChI=1S/C20H18N8O5S3/c1-33-25-11(14-24-20(22)36-26-14)15(29)23-12-16(30)28-13(19(31)32)8(6-34-18(12)28)5-27-4-2-3-9-10(21)7-35-17(9)27/h2-4,7,12,18H,5-6,21H2,1H3,(H3-,22,23,24,26,29,31,32)/p+1/b25-11-/t12?,18-/m1/s1. The Morgan fingerprint density at radius 3 is 2.92 bits per heavy atom. The molecule has 1 fully saturated rings. The number of carboxylic acids is 1. The zero-order valence-corrected chi connectivity index (χ0v) is 21.0. The number of carbonyl (C=O) groups is 3. The molecule has 5 rings (SSSR count). The smallest absolute Gasteiger partial charge is 0.352 e. The molecule has 3 aromatic rings. The Balaban J connectivity index is 1.38. The number of aromatic nitrogens is 3. The summed E-state index contributed by atoms with van der Waals surface area (Å²) in [5.74, 6) is -2.17. The maximum atomic E-state index is 13.0. The highest BCUT2D eigenvalue weighted by atomic mass is 32.2. The summed E-state index contributed by atoms with van der Waals surface area (Å²) in [5, 5.41) is 18.5. The lowest BCUT2D eigenvalue weighted by Gasteiger charge is -2.49. The van der Waals surface area contributed by atoms with Crippen molar-refractivity contribution in [2.24, 2.45) is 5.16 Å². The summed E-state index contributed by atoms with van der Waals surface area (Å²) in [6.07, 6.45) is 1.85. The number of oxime groups is 1. The van der Waals surface area contributed by atoms with Crippen molar-refractivity contribution < 1.29 is 28.9 Å². The van der Waals surface area contributed by atoms with E-state index in [4.69, 9.17) is 16.3 Å². The first-order chi connectivity index (χ1) is 17.3. The third-order valence-electron chi connectivity index (χ3n) is 5.58. The molecular weight excluding hydrogens is 528 g/mol. The van der Waals surface area contributed by atoms with E-state index in [1.165, 1.54) is 35.1 Å². The molecular formula is C20H19N8O5S3+. The molecule has 16 heteroatoms. The van der Waals surface area contributed by atoms with Crippen LogP contribution in [0.2, 0.25) is 0 Å². The third kappa shape index (κ3) is 4.02. The quantitative estimate of drug-likeness (QED) is 0.135. The minimum atomic E-state index is -1.21. The zero-order valence-electron chi connectivity index (χ0n) is 18.6. The number of hydrogen-bond acceptors (Lipinski definition) is 12. The van der Waals surface area contributed by atoms with Crippen molar-refractivity contribution in [3.63, 3.8) is 0 Å². The maximum absolute atomic E-state index is 13.0. The van der Waals surface area contributed by atoms with Crippen molar-refractivity contribution >= 4 is 79.2 Å². The number of nitrogens with two attached hydrogens (primary N) is 2. The molecule has 2 aliphatic rings. The van der Waals surface area contributed by atoms with Crippen molar-refractivity contribution in [1.29, 1.82) is 0 Å². The van der Waals surface area contributed by atoms with Gasteiger partial charge >= 0.3 is 5.97 Å². The first kappa shape index (κ1) is 24.0. The number of anilines is 2. The number of carboxylic acid groups (broad SMARTS) is 1. The van der Waals surface area contributed by atoms with E-state index < -0.39 is 29.2 Å². The normalized spacial score (nSPS) is 19.8. The Labute approximate surface area is 215 Å². The summed E-state index contributed by atoms with van der Waals surface area (Å²) in [6.45, 7) is 0.279. The van der Waals surface area contributed by atoms with Crippen molar-refractivity contribution in [3.05, 3.63) is 40.8 Å². The molecule has 0 saturated carbocycles. The van der Waals surface area contributed by atoms with E-state index in [0.717, 1.165) is 21.7 Å². The SMILES string of the molecule is CO/N=C(\C(=O)NC1C(=O)N2C(C(=O)O)=C(C[n+]3cccc4c(N)csc43)CS[C@H]12)c1nsc(N)n1. The van der Waals surface area contributed by atoms with Crippen molar-refractivity contribution in [2.45, 2.75) is 18.0 Å². The van der Waals surface area contributed by atoms with Gasteiger partial charge in [-0.25, -0.2) is 4.79 Å². The van der Waals surface area contributed by atoms with Crippen LogP contribution in [0.3, 0.4) is 0 Å². The molecule has 36 heavy (non-hydrogen) atoms. The van der Waals surface area contributed by atoms with Crippen LogP contribution in [0.4, 0.5) is 10.8 Å². The highest BCUT2D eigenvalue weighted by Crippen LogP contribution is 2.40. The molecule has 1 saturated heterocycles. The Hall–Kier alpha value is -3.76. The Morgan fingerprint density at radius 1 is 1.42 bits per heavy atom. The van der Waals surface area contributed by atoms with E-state index in [2.05, 4.69) is 19.8 Å². The molecule has 2 atom stereocenters. The van der Waals surface area contributed by atoms with Crippen molar-refractivity contribution in [1.82, 2.24) is 19.6 Å². The molecule has 0 aromatic carbocycles. The Bertz CT molecular complexity index is 1460. The Morgan fingerprint density at radius 2 is 2.22 bits per heavy atom. The van der Waals surface area contributed by atoms with E-state index in [0.29, 0.717) is 17.0 Å². The highest BCUT2D eigenvalue weighted by Gasteiger charge is 2.55. The van der Waals surface area contributed by atoms with Gasteiger partial charge in [0.25, 0.3) is 16.6 Å². The second-order valence-corrected chi connectivity index (χ2v) is 10.5. The van der Waals surface area contributed by atoms with Crippen LogP contribution in [0, 0.1) is 0 Å². The first-order valence-corrected chi connectivity index (χ1v) is 13.1. The van der Waals surface area contributed by atoms with Gasteiger partial charge in [-0.2, -0.15) is 13.9 Å². The van der Waals surface area contributed by atoms with Gasteiger partial charge in [0, 0.05) is 34.3 Å². The number of aliphatic carboxylic acids is 1. The second-order valence-electron chi connectivity index (χ2n) is 7.74. The number of hydrogen-bond donors (Lipinski definition) is 4. The van der Waals surface area contributed by atoms with Gasteiger partial charge in [-0.1, -0.05) is 16.5 Å². The molecule has 1 unspecified atom stereocenters. The van der Waals surface area contributed by atoms with Gasteiger partial charge in [-0.3, -0.25) is 14.5 Å². The number of pyridine rings is 1. The summed E-state index contributed by atoms with van der Waals surface area (Å²) in [4.78, 5) is 48.9. The van der Waals surface area contributed by atoms with Gasteiger partial charge in [-0.05, 0) is 6.07 Å². The summed E-state index contributed by atoms with van der Waals surface area (Å²) in [6, 6.07) is 2.79. The summed E-state index contributed by atoms with van der Waals surface area (Å²) >= 11 is 3.71. The number of nitrogens with one attached hydrogen (secondary N) is 1. The van der Waals surface area contributed by atoms with E-state index in [1.54, 1.807) is 0 Å². The number of rotatable bonds is 7. The summed E-state index contributed by atoms with van der Waals surface area (Å²) in [5.41, 5.74) is 12.5. The molecule has 5 heterocycles. The molecule has 0 spiro atoms. The highest BCUT2D eigenvalue weighted by molar-refractivity contribution is 8.00. The molecule has 2 aliphatic heterocycles. The van der Waals surface area contributed by atoms with Crippen LogP contribution in [0.25, 0.3) is 10.2 Å². The molecule has 2 amide bonds. The predicted octanol–water partition coefficient (Wildman–Crippen LogP) is -0.00600. The van der Waals surface area contributed by atoms with Gasteiger partial charge in [0.1, 0.15) is 24.2 Å².